The van der Waals surface area contributed by atoms with E-state index in [1.165, 1.54) is 39.9 Å². The third kappa shape index (κ3) is 4.85. The Bertz CT molecular complexity index is 1140. The van der Waals surface area contributed by atoms with Crippen LogP contribution in [0.2, 0.25) is 0 Å². The van der Waals surface area contributed by atoms with Gasteiger partial charge < -0.3 is 10.1 Å². The van der Waals surface area contributed by atoms with Gasteiger partial charge in [0.05, 0.1) is 24.2 Å². The van der Waals surface area contributed by atoms with Crippen LogP contribution in [-0.4, -0.2) is 44.9 Å². The van der Waals surface area contributed by atoms with Gasteiger partial charge in [0.1, 0.15) is 5.82 Å². The molecule has 1 aromatic heterocycles. The SMILES string of the molecule is O=C(NC(c1ccc(F)cc1)c1cccs1)c1cccc(S(=O)(=O)N2CCOCC2)c1. The zero-order valence-electron chi connectivity index (χ0n) is 16.5. The van der Waals surface area contributed by atoms with E-state index in [9.17, 15) is 17.6 Å². The summed E-state index contributed by atoms with van der Waals surface area (Å²) in [5.41, 5.74) is 0.965. The van der Waals surface area contributed by atoms with Gasteiger partial charge >= 0.3 is 0 Å². The predicted octanol–water partition coefficient (Wildman–Crippen LogP) is 3.43. The molecule has 2 heterocycles. The Morgan fingerprint density at radius 3 is 2.48 bits per heavy atom. The van der Waals surface area contributed by atoms with Crippen molar-refractivity contribution in [2.75, 3.05) is 26.3 Å². The van der Waals surface area contributed by atoms with Gasteiger partial charge in [0, 0.05) is 23.5 Å². The van der Waals surface area contributed by atoms with Crippen molar-refractivity contribution in [3.63, 3.8) is 0 Å². The summed E-state index contributed by atoms with van der Waals surface area (Å²) in [6.45, 7) is 1.26. The summed E-state index contributed by atoms with van der Waals surface area (Å²) >= 11 is 1.47. The number of thiophene rings is 1. The summed E-state index contributed by atoms with van der Waals surface area (Å²) in [4.78, 5) is 14.0. The molecule has 1 saturated heterocycles. The van der Waals surface area contributed by atoms with Gasteiger partial charge in [-0.15, -0.1) is 11.3 Å². The van der Waals surface area contributed by atoms with Gasteiger partial charge in [0.15, 0.2) is 0 Å². The second-order valence-electron chi connectivity index (χ2n) is 7.02. The second-order valence-corrected chi connectivity index (χ2v) is 9.93. The summed E-state index contributed by atoms with van der Waals surface area (Å²) in [6.07, 6.45) is 0. The van der Waals surface area contributed by atoms with Gasteiger partial charge in [-0.3, -0.25) is 4.79 Å². The van der Waals surface area contributed by atoms with Gasteiger partial charge in [-0.25, -0.2) is 12.8 Å². The van der Waals surface area contributed by atoms with Gasteiger partial charge in [-0.05, 0) is 47.3 Å². The van der Waals surface area contributed by atoms with E-state index in [0.717, 1.165) is 10.4 Å². The first kappa shape index (κ1) is 21.6. The number of carbonyl (C=O) groups excluding carboxylic acids is 1. The van der Waals surface area contributed by atoms with E-state index < -0.39 is 22.0 Å². The van der Waals surface area contributed by atoms with E-state index in [0.29, 0.717) is 13.2 Å². The molecule has 1 fully saturated rings. The number of benzene rings is 2. The van der Waals surface area contributed by atoms with E-state index in [1.807, 2.05) is 17.5 Å². The number of nitrogens with zero attached hydrogens (tertiary/aromatic N) is 1. The monoisotopic (exact) mass is 460 g/mol. The normalized spacial score (nSPS) is 16.0. The number of hydrogen-bond donors (Lipinski definition) is 1. The molecule has 0 spiro atoms. The number of hydrogen-bond acceptors (Lipinski definition) is 5. The fourth-order valence-corrected chi connectivity index (χ4v) is 5.63. The minimum absolute atomic E-state index is 0.0662. The van der Waals surface area contributed by atoms with E-state index in [-0.39, 0.29) is 29.4 Å². The molecule has 6 nitrogen and oxygen atoms in total. The van der Waals surface area contributed by atoms with Gasteiger partial charge in [0.25, 0.3) is 5.91 Å². The minimum atomic E-state index is -3.71. The van der Waals surface area contributed by atoms with Crippen molar-refractivity contribution in [1.82, 2.24) is 9.62 Å². The Kier molecular flexibility index (Phi) is 6.47. The van der Waals surface area contributed by atoms with Crippen LogP contribution in [0.5, 0.6) is 0 Å². The predicted molar refractivity (Wildman–Crippen MR) is 116 cm³/mol. The lowest BCUT2D eigenvalue weighted by Gasteiger charge is -2.26. The molecular formula is C22H21FN2O4S2. The summed E-state index contributed by atoms with van der Waals surface area (Å²) in [5, 5.41) is 4.85. The molecule has 1 aliphatic heterocycles. The summed E-state index contributed by atoms with van der Waals surface area (Å²) in [5.74, 6) is -0.775. The molecule has 1 aliphatic rings. The average molecular weight is 461 g/mol. The highest BCUT2D eigenvalue weighted by atomic mass is 32.2. The fraction of sp³-hybridized carbons (Fsp3) is 0.227. The number of ether oxygens (including phenoxy) is 1. The average Bonchev–Trinajstić information content (AvgIpc) is 3.33. The Morgan fingerprint density at radius 2 is 1.81 bits per heavy atom. The van der Waals surface area contributed by atoms with Crippen LogP contribution < -0.4 is 5.32 Å². The lowest BCUT2D eigenvalue weighted by molar-refractivity contribution is 0.0730. The number of amides is 1. The van der Waals surface area contributed by atoms with Crippen LogP contribution in [0.1, 0.15) is 26.8 Å². The third-order valence-corrected chi connectivity index (χ3v) is 7.84. The Labute approximate surface area is 184 Å². The number of rotatable bonds is 6. The van der Waals surface area contributed by atoms with Crippen LogP contribution in [-0.2, 0) is 14.8 Å². The van der Waals surface area contributed by atoms with Crippen molar-refractivity contribution in [2.24, 2.45) is 0 Å². The first-order valence-corrected chi connectivity index (χ1v) is 12.0. The topological polar surface area (TPSA) is 75.7 Å². The van der Waals surface area contributed by atoms with Crippen LogP contribution in [0, 0.1) is 5.82 Å². The van der Waals surface area contributed by atoms with Crippen LogP contribution in [0.4, 0.5) is 4.39 Å². The zero-order valence-corrected chi connectivity index (χ0v) is 18.2. The Morgan fingerprint density at radius 1 is 1.06 bits per heavy atom. The van der Waals surface area contributed by atoms with Crippen LogP contribution in [0.15, 0.2) is 70.9 Å². The number of sulfonamides is 1. The Hall–Kier alpha value is -2.59. The number of halogens is 1. The number of carbonyl (C=O) groups is 1. The third-order valence-electron chi connectivity index (χ3n) is 5.01. The Balaban J connectivity index is 1.60. The maximum absolute atomic E-state index is 13.4. The van der Waals surface area contributed by atoms with Crippen molar-refractivity contribution >= 4 is 27.3 Å². The van der Waals surface area contributed by atoms with Gasteiger partial charge in [0.2, 0.25) is 10.0 Å². The largest absolute Gasteiger partial charge is 0.379 e. The lowest BCUT2D eigenvalue weighted by atomic mass is 10.0. The summed E-state index contributed by atoms with van der Waals surface area (Å²) < 4.78 is 45.8. The highest BCUT2D eigenvalue weighted by Crippen LogP contribution is 2.27. The summed E-state index contributed by atoms with van der Waals surface area (Å²) in [7, 11) is -3.71. The van der Waals surface area contributed by atoms with E-state index in [1.54, 1.807) is 24.3 Å². The molecule has 0 radical (unpaired) electrons. The minimum Gasteiger partial charge on any atom is -0.379 e. The molecule has 1 unspecified atom stereocenters. The van der Waals surface area contributed by atoms with E-state index in [2.05, 4.69) is 5.32 Å². The van der Waals surface area contributed by atoms with Crippen molar-refractivity contribution in [2.45, 2.75) is 10.9 Å². The zero-order chi connectivity index (χ0) is 21.8. The van der Waals surface area contributed by atoms with Gasteiger partial charge in [-0.1, -0.05) is 24.3 Å². The van der Waals surface area contributed by atoms with Gasteiger partial charge in [-0.2, -0.15) is 4.31 Å². The molecule has 4 rings (SSSR count). The van der Waals surface area contributed by atoms with E-state index in [4.69, 9.17) is 4.74 Å². The van der Waals surface area contributed by atoms with Crippen molar-refractivity contribution in [3.05, 3.63) is 87.9 Å². The quantitative estimate of drug-likeness (QED) is 0.612. The van der Waals surface area contributed by atoms with Crippen LogP contribution in [0.25, 0.3) is 0 Å². The highest BCUT2D eigenvalue weighted by Gasteiger charge is 2.27. The molecule has 2 aromatic carbocycles. The van der Waals surface area contributed by atoms with E-state index >= 15 is 0 Å². The maximum Gasteiger partial charge on any atom is 0.252 e. The molecule has 1 amide bonds. The summed E-state index contributed by atoms with van der Waals surface area (Å²) in [6, 6.07) is 15.2. The van der Waals surface area contributed by atoms with Crippen molar-refractivity contribution in [1.29, 1.82) is 0 Å². The second kappa shape index (κ2) is 9.27. The van der Waals surface area contributed by atoms with Crippen LogP contribution >= 0.6 is 11.3 Å². The maximum atomic E-state index is 13.4. The smallest absolute Gasteiger partial charge is 0.252 e. The molecule has 9 heteroatoms. The molecule has 1 atom stereocenters. The first-order chi connectivity index (χ1) is 14.9. The fourth-order valence-electron chi connectivity index (χ4n) is 3.38. The number of nitrogens with one attached hydrogen (secondary N) is 1. The number of morpholine rings is 1. The standard InChI is InChI=1S/C22H21FN2O4S2/c23-18-8-6-16(7-9-18)21(20-5-2-14-30-20)24-22(26)17-3-1-4-19(15-17)31(27,28)25-10-12-29-13-11-25/h1-9,14-15,21H,10-13H2,(H,24,26). The molecule has 0 bridgehead atoms. The molecule has 162 valence electrons. The van der Waals surface area contributed by atoms with Crippen LogP contribution in [0.3, 0.4) is 0 Å². The van der Waals surface area contributed by atoms with Crippen molar-refractivity contribution < 1.29 is 22.3 Å². The molecule has 1 N–H and O–H groups in total. The lowest BCUT2D eigenvalue weighted by Crippen LogP contribution is -2.40. The highest BCUT2D eigenvalue weighted by molar-refractivity contribution is 7.89. The molecule has 0 aliphatic carbocycles. The molecule has 31 heavy (non-hydrogen) atoms. The molecule has 3 aromatic rings. The first-order valence-electron chi connectivity index (χ1n) is 9.73. The molecule has 0 saturated carbocycles. The molecular weight excluding hydrogens is 439 g/mol. The van der Waals surface area contributed by atoms with Crippen molar-refractivity contribution in [3.8, 4) is 0 Å².